The molecule has 2 heterocycles. The lowest BCUT2D eigenvalue weighted by atomic mass is 9.94. The Labute approximate surface area is 221 Å². The molecular weight excluding hydrogens is 528 g/mol. The number of hydrogen-bond acceptors (Lipinski definition) is 6. The van der Waals surface area contributed by atoms with E-state index in [1.807, 2.05) is 54.2 Å². The normalized spacial score (nSPS) is 21.4. The van der Waals surface area contributed by atoms with Crippen molar-refractivity contribution in [3.63, 3.8) is 0 Å². The lowest BCUT2D eigenvalue weighted by Crippen LogP contribution is -2.55. The van der Waals surface area contributed by atoms with E-state index >= 15 is 0 Å². The standard InChI is InChI=1S/C26H29F6N5O2/c1-16(18-12-19(25(27,28)29)14-20(13-18)26(30,31)32)39-24(2)22(17-8-6-5-7-9-17)37(10-11-38-24)23-21(15-36(3)4)33-35-34-23/h5-9,12-14,16,22H,10-11,15H2,1-4H3,(H,33,34,35)/t16?,22-,24+/m0/s1. The fourth-order valence-corrected chi connectivity index (χ4v) is 4.80. The van der Waals surface area contributed by atoms with Gasteiger partial charge in [-0.2, -0.15) is 36.7 Å². The summed E-state index contributed by atoms with van der Waals surface area (Å²) >= 11 is 0. The summed E-state index contributed by atoms with van der Waals surface area (Å²) in [4.78, 5) is 3.85. The van der Waals surface area contributed by atoms with Crippen molar-refractivity contribution in [2.75, 3.05) is 32.1 Å². The number of morpholine rings is 1. The molecule has 1 N–H and O–H groups in total. The van der Waals surface area contributed by atoms with Crippen molar-refractivity contribution in [3.8, 4) is 0 Å². The highest BCUT2D eigenvalue weighted by Crippen LogP contribution is 2.45. The van der Waals surface area contributed by atoms with Crippen LogP contribution < -0.4 is 4.90 Å². The van der Waals surface area contributed by atoms with Gasteiger partial charge in [-0.25, -0.2) is 0 Å². The minimum atomic E-state index is -4.97. The molecule has 39 heavy (non-hydrogen) atoms. The number of rotatable bonds is 7. The molecular formula is C26H29F6N5O2. The van der Waals surface area contributed by atoms with Crippen LogP contribution >= 0.6 is 0 Å². The molecule has 212 valence electrons. The van der Waals surface area contributed by atoms with Crippen molar-refractivity contribution in [2.45, 2.75) is 50.7 Å². The molecule has 1 aliphatic rings. The minimum Gasteiger partial charge on any atom is -0.346 e. The Kier molecular flexibility index (Phi) is 7.97. The van der Waals surface area contributed by atoms with Crippen LogP contribution in [0, 0.1) is 0 Å². The van der Waals surface area contributed by atoms with Crippen LogP contribution in [0.5, 0.6) is 0 Å². The molecule has 0 radical (unpaired) electrons. The second kappa shape index (κ2) is 10.8. The van der Waals surface area contributed by atoms with Gasteiger partial charge < -0.3 is 19.3 Å². The summed E-state index contributed by atoms with van der Waals surface area (Å²) in [5, 5.41) is 11.3. The van der Waals surface area contributed by atoms with Gasteiger partial charge in [-0.05, 0) is 57.3 Å². The molecule has 1 unspecified atom stereocenters. The second-order valence-electron chi connectivity index (χ2n) is 9.80. The number of benzene rings is 2. The number of alkyl halides is 6. The van der Waals surface area contributed by atoms with Crippen LogP contribution in [-0.4, -0.2) is 53.3 Å². The average molecular weight is 558 g/mol. The quantitative estimate of drug-likeness (QED) is 0.361. The van der Waals surface area contributed by atoms with E-state index in [-0.39, 0.29) is 18.2 Å². The Balaban J connectivity index is 1.75. The zero-order chi connectivity index (χ0) is 28.6. The van der Waals surface area contributed by atoms with Gasteiger partial charge in [-0.1, -0.05) is 30.3 Å². The van der Waals surface area contributed by atoms with Gasteiger partial charge in [0.05, 0.1) is 23.8 Å². The van der Waals surface area contributed by atoms with Gasteiger partial charge in [0.1, 0.15) is 11.7 Å². The van der Waals surface area contributed by atoms with Crippen LogP contribution in [0.25, 0.3) is 0 Å². The second-order valence-corrected chi connectivity index (χ2v) is 9.80. The highest BCUT2D eigenvalue weighted by atomic mass is 19.4. The predicted molar refractivity (Wildman–Crippen MR) is 131 cm³/mol. The van der Waals surface area contributed by atoms with Crippen molar-refractivity contribution in [3.05, 3.63) is 76.5 Å². The van der Waals surface area contributed by atoms with Crippen molar-refractivity contribution in [2.24, 2.45) is 0 Å². The molecule has 3 atom stereocenters. The summed E-state index contributed by atoms with van der Waals surface area (Å²) in [5.41, 5.74) is -1.68. The molecule has 0 saturated carbocycles. The molecule has 13 heteroatoms. The summed E-state index contributed by atoms with van der Waals surface area (Å²) in [7, 11) is 3.76. The molecule has 1 aliphatic heterocycles. The summed E-state index contributed by atoms with van der Waals surface area (Å²) in [6.07, 6.45) is -11.1. The first kappa shape index (κ1) is 28.8. The molecule has 2 aromatic carbocycles. The maximum atomic E-state index is 13.5. The molecule has 7 nitrogen and oxygen atoms in total. The van der Waals surface area contributed by atoms with E-state index in [9.17, 15) is 26.3 Å². The number of aromatic amines is 1. The van der Waals surface area contributed by atoms with Gasteiger partial charge in [0.25, 0.3) is 0 Å². The minimum absolute atomic E-state index is 0.0976. The first-order chi connectivity index (χ1) is 18.2. The van der Waals surface area contributed by atoms with Gasteiger partial charge in [-0.15, -0.1) is 5.10 Å². The summed E-state index contributed by atoms with van der Waals surface area (Å²) in [5.74, 6) is -0.943. The number of nitrogens with zero attached hydrogens (tertiary/aromatic N) is 4. The van der Waals surface area contributed by atoms with Gasteiger partial charge in [0, 0.05) is 13.1 Å². The molecule has 0 amide bonds. The fourth-order valence-electron chi connectivity index (χ4n) is 4.80. The summed E-state index contributed by atoms with van der Waals surface area (Å²) in [6, 6.07) is 9.94. The molecule has 0 aliphatic carbocycles. The Hall–Kier alpha value is -3.16. The number of halogens is 6. The first-order valence-corrected chi connectivity index (χ1v) is 12.2. The van der Waals surface area contributed by atoms with Crippen LogP contribution in [0.3, 0.4) is 0 Å². The highest BCUT2D eigenvalue weighted by molar-refractivity contribution is 5.47. The number of H-pyrrole nitrogens is 1. The van der Waals surface area contributed by atoms with Crippen molar-refractivity contribution in [1.29, 1.82) is 0 Å². The van der Waals surface area contributed by atoms with Gasteiger partial charge in [0.2, 0.25) is 0 Å². The Morgan fingerprint density at radius 3 is 2.23 bits per heavy atom. The van der Waals surface area contributed by atoms with Crippen LogP contribution in [0.2, 0.25) is 0 Å². The largest absolute Gasteiger partial charge is 0.416 e. The van der Waals surface area contributed by atoms with E-state index in [1.165, 1.54) is 6.92 Å². The maximum Gasteiger partial charge on any atom is 0.416 e. The van der Waals surface area contributed by atoms with Crippen molar-refractivity contribution >= 4 is 5.82 Å². The van der Waals surface area contributed by atoms with Gasteiger partial charge in [-0.3, -0.25) is 0 Å². The number of hydrogen-bond donors (Lipinski definition) is 1. The summed E-state index contributed by atoms with van der Waals surface area (Å²) < 4.78 is 93.3. The zero-order valence-corrected chi connectivity index (χ0v) is 21.8. The maximum absolute atomic E-state index is 13.5. The van der Waals surface area contributed by atoms with E-state index in [0.717, 1.165) is 5.56 Å². The fraction of sp³-hybridized carbons (Fsp3) is 0.462. The average Bonchev–Trinajstić information content (AvgIpc) is 3.30. The van der Waals surface area contributed by atoms with Gasteiger partial charge >= 0.3 is 12.4 Å². The van der Waals surface area contributed by atoms with Crippen LogP contribution in [-0.2, 0) is 28.4 Å². The molecule has 1 aromatic heterocycles. The summed E-state index contributed by atoms with van der Waals surface area (Å²) in [6.45, 7) is 4.05. The third kappa shape index (κ3) is 6.36. The Morgan fingerprint density at radius 1 is 1.05 bits per heavy atom. The number of nitrogens with one attached hydrogen (secondary N) is 1. The molecule has 0 bridgehead atoms. The van der Waals surface area contributed by atoms with Crippen LogP contribution in [0.1, 0.15) is 53.9 Å². The Morgan fingerprint density at radius 2 is 1.67 bits per heavy atom. The van der Waals surface area contributed by atoms with E-state index < -0.39 is 41.4 Å². The highest BCUT2D eigenvalue weighted by Gasteiger charge is 2.47. The van der Waals surface area contributed by atoms with Crippen LogP contribution in [0.4, 0.5) is 32.2 Å². The molecule has 1 saturated heterocycles. The molecule has 3 aromatic rings. The lowest BCUT2D eigenvalue weighted by Gasteiger charge is -2.49. The smallest absolute Gasteiger partial charge is 0.346 e. The van der Waals surface area contributed by atoms with E-state index in [4.69, 9.17) is 9.47 Å². The topological polar surface area (TPSA) is 66.5 Å². The predicted octanol–water partition coefficient (Wildman–Crippen LogP) is 5.98. The SMILES string of the molecule is CC(O[C@@]1(C)OCCN(c2n[nH]nc2CN(C)C)[C@H]1c1ccccc1)c1cc(C(F)(F)F)cc(C(F)(F)F)c1. The van der Waals surface area contributed by atoms with Crippen LogP contribution in [0.15, 0.2) is 48.5 Å². The third-order valence-corrected chi connectivity index (χ3v) is 6.47. The lowest BCUT2D eigenvalue weighted by molar-refractivity contribution is -0.271. The number of anilines is 1. The third-order valence-electron chi connectivity index (χ3n) is 6.47. The Bertz CT molecular complexity index is 1230. The van der Waals surface area contributed by atoms with E-state index in [2.05, 4.69) is 15.4 Å². The molecule has 4 rings (SSSR count). The number of ether oxygens (including phenoxy) is 2. The van der Waals surface area contributed by atoms with Crippen molar-refractivity contribution in [1.82, 2.24) is 20.3 Å². The number of aromatic nitrogens is 3. The molecule has 0 spiro atoms. The molecule has 1 fully saturated rings. The first-order valence-electron chi connectivity index (χ1n) is 12.2. The van der Waals surface area contributed by atoms with E-state index in [1.54, 1.807) is 6.92 Å². The van der Waals surface area contributed by atoms with Crippen molar-refractivity contribution < 1.29 is 35.8 Å². The van der Waals surface area contributed by atoms with E-state index in [0.29, 0.717) is 36.7 Å². The monoisotopic (exact) mass is 557 g/mol. The zero-order valence-electron chi connectivity index (χ0n) is 21.8. The van der Waals surface area contributed by atoms with Gasteiger partial charge in [0.15, 0.2) is 11.6 Å².